The topological polar surface area (TPSA) is 50.8 Å². The number of hydrogen-bond acceptors (Lipinski definition) is 4. The zero-order valence-corrected chi connectivity index (χ0v) is 17.1. The van der Waals surface area contributed by atoms with Gasteiger partial charge in [-0.2, -0.15) is 0 Å². The van der Waals surface area contributed by atoms with Crippen LogP contribution in [0.2, 0.25) is 0 Å². The summed E-state index contributed by atoms with van der Waals surface area (Å²) in [7, 11) is 0. The number of rotatable bonds is 6. The number of benzene rings is 2. The molecule has 0 bridgehead atoms. The first kappa shape index (κ1) is 19.9. The zero-order valence-electron chi connectivity index (χ0n) is 17.1. The Morgan fingerprint density at radius 2 is 1.86 bits per heavy atom. The predicted octanol–water partition coefficient (Wildman–Crippen LogP) is 4.13. The number of nitrogens with one attached hydrogen (secondary N) is 1. The third kappa shape index (κ3) is 5.37. The average Bonchev–Trinajstić information content (AvgIpc) is 3.12. The van der Waals surface area contributed by atoms with Gasteiger partial charge in [-0.15, -0.1) is 0 Å². The van der Waals surface area contributed by atoms with Crippen LogP contribution in [-0.4, -0.2) is 42.1 Å². The Morgan fingerprint density at radius 1 is 1.10 bits per heavy atom. The molecule has 2 aromatic carbocycles. The number of hydrogen-bond donors (Lipinski definition) is 1. The third-order valence-corrected chi connectivity index (χ3v) is 5.97. The first-order chi connectivity index (χ1) is 14.1. The van der Waals surface area contributed by atoms with Gasteiger partial charge in [0.25, 0.3) is 0 Å². The highest BCUT2D eigenvalue weighted by atomic mass is 16.5. The lowest BCUT2D eigenvalue weighted by Crippen LogP contribution is -2.44. The first-order valence-corrected chi connectivity index (χ1v) is 10.6. The first-order valence-electron chi connectivity index (χ1n) is 10.6. The molecular weight excluding hydrogens is 364 g/mol. The summed E-state index contributed by atoms with van der Waals surface area (Å²) in [5, 5.41) is 2.89. The Morgan fingerprint density at radius 3 is 2.62 bits per heavy atom. The molecular formula is C24H30N2O3. The molecule has 5 nitrogen and oxygen atoms in total. The number of nitrogens with zero attached hydrogens (tertiary/aromatic N) is 1. The molecule has 4 rings (SSSR count). The second-order valence-electron chi connectivity index (χ2n) is 8.24. The number of amides is 1. The quantitative estimate of drug-likeness (QED) is 0.800. The molecule has 2 aliphatic rings. The SMILES string of the molecule is CC(=O)NCC1CCC2(CCN(Cc3cccc(Oc4ccccc4)c3)CC2)O1. The maximum atomic E-state index is 11.1. The second-order valence-corrected chi connectivity index (χ2v) is 8.24. The number of para-hydroxylation sites is 1. The van der Waals surface area contributed by atoms with E-state index in [9.17, 15) is 4.79 Å². The van der Waals surface area contributed by atoms with Crippen molar-refractivity contribution < 1.29 is 14.3 Å². The van der Waals surface area contributed by atoms with Crippen LogP contribution >= 0.6 is 0 Å². The van der Waals surface area contributed by atoms with Crippen LogP contribution in [0.4, 0.5) is 0 Å². The number of likely N-dealkylation sites (tertiary alicyclic amines) is 1. The monoisotopic (exact) mass is 394 g/mol. The molecule has 1 amide bonds. The van der Waals surface area contributed by atoms with Crippen LogP contribution in [0.1, 0.15) is 38.2 Å². The van der Waals surface area contributed by atoms with Gasteiger partial charge in [-0.1, -0.05) is 30.3 Å². The van der Waals surface area contributed by atoms with Gasteiger partial charge in [0.1, 0.15) is 11.5 Å². The standard InChI is InChI=1S/C24H30N2O3/c1-19(27)25-17-23-10-11-24(29-23)12-14-26(15-13-24)18-20-6-5-9-22(16-20)28-21-7-3-2-4-8-21/h2-9,16,23H,10-15,17-18H2,1H3,(H,25,27). The normalized spacial score (nSPS) is 21.2. The van der Waals surface area contributed by atoms with E-state index in [4.69, 9.17) is 9.47 Å². The molecule has 1 unspecified atom stereocenters. The van der Waals surface area contributed by atoms with E-state index in [1.165, 1.54) is 5.56 Å². The van der Waals surface area contributed by atoms with Gasteiger partial charge in [-0.05, 0) is 55.5 Å². The van der Waals surface area contributed by atoms with E-state index in [1.807, 2.05) is 36.4 Å². The van der Waals surface area contributed by atoms with Crippen LogP contribution in [-0.2, 0) is 16.1 Å². The highest BCUT2D eigenvalue weighted by Crippen LogP contribution is 2.39. The molecule has 0 saturated carbocycles. The molecule has 2 saturated heterocycles. The van der Waals surface area contributed by atoms with Crippen molar-refractivity contribution in [3.63, 3.8) is 0 Å². The minimum atomic E-state index is 0.0118. The summed E-state index contributed by atoms with van der Waals surface area (Å²) < 4.78 is 12.3. The number of carbonyl (C=O) groups excluding carboxylic acids is 1. The molecule has 2 heterocycles. The lowest BCUT2D eigenvalue weighted by atomic mass is 9.88. The van der Waals surface area contributed by atoms with E-state index in [0.29, 0.717) is 6.54 Å². The largest absolute Gasteiger partial charge is 0.457 e. The van der Waals surface area contributed by atoms with Crippen molar-refractivity contribution in [3.8, 4) is 11.5 Å². The van der Waals surface area contributed by atoms with Crippen LogP contribution in [0, 0.1) is 0 Å². The van der Waals surface area contributed by atoms with Crippen LogP contribution in [0.5, 0.6) is 11.5 Å². The third-order valence-electron chi connectivity index (χ3n) is 5.97. The summed E-state index contributed by atoms with van der Waals surface area (Å²) in [6.07, 6.45) is 4.43. The smallest absolute Gasteiger partial charge is 0.216 e. The number of ether oxygens (including phenoxy) is 2. The van der Waals surface area contributed by atoms with E-state index in [1.54, 1.807) is 6.92 Å². The van der Waals surface area contributed by atoms with Crippen molar-refractivity contribution in [2.24, 2.45) is 0 Å². The molecule has 0 aromatic heterocycles. The summed E-state index contributed by atoms with van der Waals surface area (Å²) in [5.41, 5.74) is 1.28. The molecule has 29 heavy (non-hydrogen) atoms. The summed E-state index contributed by atoms with van der Waals surface area (Å²) in [6, 6.07) is 18.3. The molecule has 5 heteroatoms. The lowest BCUT2D eigenvalue weighted by molar-refractivity contribution is -0.120. The summed E-state index contributed by atoms with van der Waals surface area (Å²) in [4.78, 5) is 13.6. The molecule has 1 spiro atoms. The summed E-state index contributed by atoms with van der Waals surface area (Å²) in [6.45, 7) is 5.20. The molecule has 0 aliphatic carbocycles. The van der Waals surface area contributed by atoms with Crippen LogP contribution < -0.4 is 10.1 Å². The minimum Gasteiger partial charge on any atom is -0.457 e. The van der Waals surface area contributed by atoms with Gasteiger partial charge >= 0.3 is 0 Å². The van der Waals surface area contributed by atoms with Crippen molar-refractivity contribution in [2.75, 3.05) is 19.6 Å². The van der Waals surface area contributed by atoms with Gasteiger partial charge in [0.15, 0.2) is 0 Å². The fourth-order valence-corrected chi connectivity index (χ4v) is 4.37. The Balaban J connectivity index is 1.28. The molecule has 2 fully saturated rings. The van der Waals surface area contributed by atoms with Gasteiger partial charge < -0.3 is 14.8 Å². The van der Waals surface area contributed by atoms with E-state index in [-0.39, 0.29) is 17.6 Å². The van der Waals surface area contributed by atoms with Gasteiger partial charge in [0.05, 0.1) is 11.7 Å². The maximum absolute atomic E-state index is 11.1. The molecule has 154 valence electrons. The molecule has 1 N–H and O–H groups in total. The molecule has 1 atom stereocenters. The van der Waals surface area contributed by atoms with Gasteiger partial charge in [-0.25, -0.2) is 0 Å². The number of carbonyl (C=O) groups is 1. The van der Waals surface area contributed by atoms with E-state index >= 15 is 0 Å². The second kappa shape index (κ2) is 8.97. The van der Waals surface area contributed by atoms with Crippen molar-refractivity contribution in [2.45, 2.75) is 50.9 Å². The summed E-state index contributed by atoms with van der Waals surface area (Å²) in [5.74, 6) is 1.75. The molecule has 2 aromatic rings. The Bertz CT molecular complexity index is 816. The Labute approximate surface area is 173 Å². The number of piperidine rings is 1. The van der Waals surface area contributed by atoms with Crippen LogP contribution in [0.25, 0.3) is 0 Å². The molecule has 0 radical (unpaired) electrons. The van der Waals surface area contributed by atoms with E-state index in [2.05, 4.69) is 28.4 Å². The van der Waals surface area contributed by atoms with Gasteiger partial charge in [0.2, 0.25) is 5.91 Å². The van der Waals surface area contributed by atoms with Crippen molar-refractivity contribution in [3.05, 3.63) is 60.2 Å². The van der Waals surface area contributed by atoms with Crippen LogP contribution in [0.15, 0.2) is 54.6 Å². The predicted molar refractivity (Wildman–Crippen MR) is 113 cm³/mol. The van der Waals surface area contributed by atoms with Gasteiger partial charge in [-0.3, -0.25) is 9.69 Å². The van der Waals surface area contributed by atoms with Crippen LogP contribution in [0.3, 0.4) is 0 Å². The van der Waals surface area contributed by atoms with Crippen molar-refractivity contribution in [1.29, 1.82) is 0 Å². The Hall–Kier alpha value is -2.37. The molecule has 2 aliphatic heterocycles. The zero-order chi connectivity index (χ0) is 20.1. The van der Waals surface area contributed by atoms with Gasteiger partial charge in [0, 0.05) is 33.1 Å². The summed E-state index contributed by atoms with van der Waals surface area (Å²) >= 11 is 0. The fourth-order valence-electron chi connectivity index (χ4n) is 4.37. The lowest BCUT2D eigenvalue weighted by Gasteiger charge is -2.39. The fraction of sp³-hybridized carbons (Fsp3) is 0.458. The van der Waals surface area contributed by atoms with Crippen molar-refractivity contribution in [1.82, 2.24) is 10.2 Å². The highest BCUT2D eigenvalue weighted by molar-refractivity contribution is 5.72. The van der Waals surface area contributed by atoms with Crippen molar-refractivity contribution >= 4 is 5.91 Å². The maximum Gasteiger partial charge on any atom is 0.216 e. The average molecular weight is 395 g/mol. The highest BCUT2D eigenvalue weighted by Gasteiger charge is 2.42. The minimum absolute atomic E-state index is 0.0118. The van der Waals surface area contributed by atoms with E-state index in [0.717, 1.165) is 56.8 Å². The van der Waals surface area contributed by atoms with E-state index < -0.39 is 0 Å². The Kier molecular flexibility index (Phi) is 6.16.